The Hall–Kier alpha value is -2.73. The van der Waals surface area contributed by atoms with E-state index in [0.717, 1.165) is 22.5 Å². The average molecular weight is 381 g/mol. The highest BCUT2D eigenvalue weighted by molar-refractivity contribution is 8.00. The number of nitrogens with one attached hydrogen (secondary N) is 1. The SMILES string of the molecule is Cc1nc(S[C@H](C(=O)Nc2ccc(F)cc2)c2ccccc2)nc(C)c1C. The number of carbonyl (C=O) groups is 1. The van der Waals surface area contributed by atoms with E-state index in [1.54, 1.807) is 0 Å². The van der Waals surface area contributed by atoms with Crippen molar-refractivity contribution in [3.63, 3.8) is 0 Å². The standard InChI is InChI=1S/C21H20FN3OS/c1-13-14(2)23-21(24-15(13)3)27-19(16-7-5-4-6-8-16)20(26)25-18-11-9-17(22)10-12-18/h4-12,19H,1-3H3,(H,25,26)/t19-/m0/s1. The van der Waals surface area contributed by atoms with Crippen LogP contribution < -0.4 is 5.32 Å². The zero-order chi connectivity index (χ0) is 19.4. The van der Waals surface area contributed by atoms with Gasteiger partial charge in [0.2, 0.25) is 5.91 Å². The number of amides is 1. The predicted octanol–water partition coefficient (Wildman–Crippen LogP) is 5.01. The fraction of sp³-hybridized carbons (Fsp3) is 0.190. The van der Waals surface area contributed by atoms with E-state index in [1.807, 2.05) is 51.1 Å². The van der Waals surface area contributed by atoms with E-state index in [0.29, 0.717) is 10.8 Å². The molecule has 0 saturated carbocycles. The van der Waals surface area contributed by atoms with Crippen LogP contribution in [0.15, 0.2) is 59.8 Å². The van der Waals surface area contributed by atoms with E-state index in [-0.39, 0.29) is 11.7 Å². The molecule has 0 aliphatic carbocycles. The minimum atomic E-state index is -0.530. The summed E-state index contributed by atoms with van der Waals surface area (Å²) in [6.07, 6.45) is 0. The molecule has 27 heavy (non-hydrogen) atoms. The molecule has 4 nitrogen and oxygen atoms in total. The van der Waals surface area contributed by atoms with Gasteiger partial charge in [-0.15, -0.1) is 0 Å². The van der Waals surface area contributed by atoms with Crippen molar-refractivity contribution in [1.82, 2.24) is 9.97 Å². The summed E-state index contributed by atoms with van der Waals surface area (Å²) in [6, 6.07) is 15.2. The molecule has 3 aromatic rings. The number of aryl methyl sites for hydroxylation is 2. The van der Waals surface area contributed by atoms with Crippen LogP contribution in [-0.2, 0) is 4.79 Å². The third-order valence-corrected chi connectivity index (χ3v) is 5.40. The van der Waals surface area contributed by atoms with Gasteiger partial charge in [0.1, 0.15) is 11.1 Å². The van der Waals surface area contributed by atoms with Crippen LogP contribution in [0.5, 0.6) is 0 Å². The van der Waals surface area contributed by atoms with Gasteiger partial charge < -0.3 is 5.32 Å². The lowest BCUT2D eigenvalue weighted by Gasteiger charge is -2.17. The second-order valence-corrected chi connectivity index (χ2v) is 7.28. The van der Waals surface area contributed by atoms with Crippen molar-refractivity contribution in [2.24, 2.45) is 0 Å². The third kappa shape index (κ3) is 4.71. The maximum Gasteiger partial charge on any atom is 0.242 e. The van der Waals surface area contributed by atoms with Gasteiger partial charge in [0.25, 0.3) is 0 Å². The molecule has 0 spiro atoms. The number of hydrogen-bond acceptors (Lipinski definition) is 4. The van der Waals surface area contributed by atoms with Crippen LogP contribution in [0.3, 0.4) is 0 Å². The highest BCUT2D eigenvalue weighted by Crippen LogP contribution is 2.35. The van der Waals surface area contributed by atoms with E-state index in [2.05, 4.69) is 15.3 Å². The Kier molecular flexibility index (Phi) is 5.86. The fourth-order valence-electron chi connectivity index (χ4n) is 2.54. The molecule has 1 atom stereocenters. The summed E-state index contributed by atoms with van der Waals surface area (Å²) in [4.78, 5) is 22.0. The summed E-state index contributed by atoms with van der Waals surface area (Å²) in [5, 5.41) is 2.87. The highest BCUT2D eigenvalue weighted by Gasteiger charge is 2.24. The van der Waals surface area contributed by atoms with Gasteiger partial charge in [0, 0.05) is 17.1 Å². The lowest BCUT2D eigenvalue weighted by Crippen LogP contribution is -2.19. The van der Waals surface area contributed by atoms with Crippen molar-refractivity contribution in [3.05, 3.63) is 82.9 Å². The Labute approximate surface area is 162 Å². The largest absolute Gasteiger partial charge is 0.325 e. The second kappa shape index (κ2) is 8.31. The van der Waals surface area contributed by atoms with Crippen molar-refractivity contribution in [1.29, 1.82) is 0 Å². The van der Waals surface area contributed by atoms with Crippen LogP contribution in [0.1, 0.15) is 27.8 Å². The topological polar surface area (TPSA) is 54.9 Å². The number of hydrogen-bond donors (Lipinski definition) is 1. The van der Waals surface area contributed by atoms with Gasteiger partial charge in [-0.1, -0.05) is 42.1 Å². The molecular formula is C21H20FN3OS. The number of aromatic nitrogens is 2. The van der Waals surface area contributed by atoms with Crippen LogP contribution >= 0.6 is 11.8 Å². The molecule has 1 heterocycles. The molecule has 1 aromatic heterocycles. The summed E-state index contributed by atoms with van der Waals surface area (Å²) in [6.45, 7) is 5.85. The van der Waals surface area contributed by atoms with Gasteiger partial charge >= 0.3 is 0 Å². The molecule has 1 N–H and O–H groups in total. The normalized spacial score (nSPS) is 11.9. The van der Waals surface area contributed by atoms with E-state index >= 15 is 0 Å². The van der Waals surface area contributed by atoms with Gasteiger partial charge in [-0.3, -0.25) is 4.79 Å². The lowest BCUT2D eigenvalue weighted by atomic mass is 10.1. The Morgan fingerprint density at radius 3 is 2.15 bits per heavy atom. The minimum absolute atomic E-state index is 0.211. The van der Waals surface area contributed by atoms with E-state index in [1.165, 1.54) is 36.0 Å². The van der Waals surface area contributed by atoms with Crippen LogP contribution in [0, 0.1) is 26.6 Å². The fourth-order valence-corrected chi connectivity index (χ4v) is 3.59. The predicted molar refractivity (Wildman–Crippen MR) is 106 cm³/mol. The summed E-state index contributed by atoms with van der Waals surface area (Å²) in [5.74, 6) is -0.557. The Bertz CT molecular complexity index is 922. The second-order valence-electron chi connectivity index (χ2n) is 6.21. The molecule has 2 aromatic carbocycles. The maximum atomic E-state index is 13.1. The Morgan fingerprint density at radius 2 is 1.56 bits per heavy atom. The lowest BCUT2D eigenvalue weighted by molar-refractivity contribution is -0.115. The van der Waals surface area contributed by atoms with Crippen molar-refractivity contribution in [3.8, 4) is 0 Å². The molecular weight excluding hydrogens is 361 g/mol. The number of anilines is 1. The first-order valence-electron chi connectivity index (χ1n) is 8.54. The van der Waals surface area contributed by atoms with Gasteiger partial charge in [-0.25, -0.2) is 14.4 Å². The zero-order valence-electron chi connectivity index (χ0n) is 15.4. The van der Waals surface area contributed by atoms with Gasteiger partial charge in [-0.2, -0.15) is 0 Å². The minimum Gasteiger partial charge on any atom is -0.325 e. The first-order valence-corrected chi connectivity index (χ1v) is 9.42. The molecule has 3 rings (SSSR count). The summed E-state index contributed by atoms with van der Waals surface area (Å²) >= 11 is 1.30. The monoisotopic (exact) mass is 381 g/mol. The maximum absolute atomic E-state index is 13.1. The van der Waals surface area contributed by atoms with Crippen LogP contribution in [0.2, 0.25) is 0 Å². The number of benzene rings is 2. The zero-order valence-corrected chi connectivity index (χ0v) is 16.2. The number of nitrogens with zero attached hydrogens (tertiary/aromatic N) is 2. The number of rotatable bonds is 5. The molecule has 0 aliphatic rings. The van der Waals surface area contributed by atoms with Crippen LogP contribution in [-0.4, -0.2) is 15.9 Å². The Morgan fingerprint density at radius 1 is 0.963 bits per heavy atom. The molecule has 6 heteroatoms. The molecule has 0 aliphatic heterocycles. The van der Waals surface area contributed by atoms with Crippen molar-refractivity contribution in [2.75, 3.05) is 5.32 Å². The molecule has 0 fully saturated rings. The van der Waals surface area contributed by atoms with Gasteiger partial charge in [0.05, 0.1) is 0 Å². The summed E-state index contributed by atoms with van der Waals surface area (Å²) < 4.78 is 13.1. The van der Waals surface area contributed by atoms with E-state index < -0.39 is 5.25 Å². The molecule has 1 amide bonds. The van der Waals surface area contributed by atoms with Gasteiger partial charge in [0.15, 0.2) is 5.16 Å². The molecule has 138 valence electrons. The first kappa shape index (κ1) is 19.0. The number of carbonyl (C=O) groups excluding carboxylic acids is 1. The molecule has 0 unspecified atom stereocenters. The van der Waals surface area contributed by atoms with Crippen LogP contribution in [0.25, 0.3) is 0 Å². The molecule has 0 radical (unpaired) electrons. The summed E-state index contributed by atoms with van der Waals surface area (Å²) in [7, 11) is 0. The first-order chi connectivity index (χ1) is 12.9. The quantitative estimate of drug-likeness (QED) is 0.498. The average Bonchev–Trinajstić information content (AvgIpc) is 2.66. The summed E-state index contributed by atoms with van der Waals surface area (Å²) in [5.41, 5.74) is 4.24. The van der Waals surface area contributed by atoms with Gasteiger partial charge in [-0.05, 0) is 56.2 Å². The van der Waals surface area contributed by atoms with E-state index in [9.17, 15) is 9.18 Å². The number of thioether (sulfide) groups is 1. The van der Waals surface area contributed by atoms with Crippen molar-refractivity contribution in [2.45, 2.75) is 31.2 Å². The molecule has 0 saturated heterocycles. The third-order valence-electron chi connectivity index (χ3n) is 4.29. The Balaban J connectivity index is 1.89. The van der Waals surface area contributed by atoms with Crippen molar-refractivity contribution >= 4 is 23.4 Å². The van der Waals surface area contributed by atoms with E-state index in [4.69, 9.17) is 0 Å². The van der Waals surface area contributed by atoms with Crippen molar-refractivity contribution < 1.29 is 9.18 Å². The molecule has 0 bridgehead atoms. The highest BCUT2D eigenvalue weighted by atomic mass is 32.2. The van der Waals surface area contributed by atoms with Crippen LogP contribution in [0.4, 0.5) is 10.1 Å². The smallest absolute Gasteiger partial charge is 0.242 e. The number of halogens is 1.